The minimum absolute atomic E-state index is 0.258. The Labute approximate surface area is 198 Å². The molecule has 4 rings (SSSR count). The predicted molar refractivity (Wildman–Crippen MR) is 132 cm³/mol. The SMILES string of the molecule is COc1cc(/C=C2\C(=O)N(c3ccc(C(N)=O)cc3)N=C2C)ccc1OCCc1ccccc1. The number of rotatable bonds is 8. The second-order valence-corrected chi connectivity index (χ2v) is 7.77. The van der Waals surface area contributed by atoms with E-state index in [2.05, 4.69) is 17.2 Å². The molecule has 0 saturated carbocycles. The largest absolute Gasteiger partial charge is 0.493 e. The van der Waals surface area contributed by atoms with Crippen LogP contribution in [0.15, 0.2) is 83.5 Å². The molecule has 0 atom stereocenters. The number of hydrogen-bond donors (Lipinski definition) is 1. The van der Waals surface area contributed by atoms with E-state index in [1.165, 1.54) is 10.6 Å². The fourth-order valence-electron chi connectivity index (χ4n) is 3.61. The normalized spacial score (nSPS) is 14.3. The third-order valence-corrected chi connectivity index (χ3v) is 5.45. The minimum atomic E-state index is -0.527. The van der Waals surface area contributed by atoms with Gasteiger partial charge in [-0.05, 0) is 60.5 Å². The Morgan fingerprint density at radius 2 is 1.76 bits per heavy atom. The Kier molecular flexibility index (Phi) is 6.73. The molecule has 0 aliphatic carbocycles. The molecule has 0 spiro atoms. The van der Waals surface area contributed by atoms with E-state index in [-0.39, 0.29) is 5.91 Å². The Morgan fingerprint density at radius 3 is 2.44 bits per heavy atom. The molecule has 7 heteroatoms. The van der Waals surface area contributed by atoms with Crippen molar-refractivity contribution in [3.63, 3.8) is 0 Å². The van der Waals surface area contributed by atoms with Crippen LogP contribution in [0.4, 0.5) is 5.69 Å². The summed E-state index contributed by atoms with van der Waals surface area (Å²) in [5, 5.41) is 5.69. The van der Waals surface area contributed by atoms with Crippen molar-refractivity contribution in [1.29, 1.82) is 0 Å². The molecular weight excluding hydrogens is 430 g/mol. The van der Waals surface area contributed by atoms with E-state index < -0.39 is 5.91 Å². The zero-order valence-electron chi connectivity index (χ0n) is 19.0. The van der Waals surface area contributed by atoms with Crippen molar-refractivity contribution in [2.75, 3.05) is 18.7 Å². The maximum Gasteiger partial charge on any atom is 0.280 e. The van der Waals surface area contributed by atoms with E-state index in [0.717, 1.165) is 12.0 Å². The summed E-state index contributed by atoms with van der Waals surface area (Å²) in [6, 6.07) is 22.1. The van der Waals surface area contributed by atoms with Gasteiger partial charge in [0.25, 0.3) is 5.91 Å². The molecule has 3 aromatic carbocycles. The number of methoxy groups -OCH3 is 1. The van der Waals surface area contributed by atoms with Gasteiger partial charge < -0.3 is 15.2 Å². The summed E-state index contributed by atoms with van der Waals surface area (Å²) in [5.74, 6) is 0.439. The first-order valence-corrected chi connectivity index (χ1v) is 10.8. The van der Waals surface area contributed by atoms with E-state index in [1.807, 2.05) is 36.4 Å². The molecule has 0 unspecified atom stereocenters. The molecule has 34 heavy (non-hydrogen) atoms. The van der Waals surface area contributed by atoms with Crippen molar-refractivity contribution in [1.82, 2.24) is 0 Å². The fourth-order valence-corrected chi connectivity index (χ4v) is 3.61. The molecule has 1 aliphatic heterocycles. The van der Waals surface area contributed by atoms with Gasteiger partial charge in [-0.15, -0.1) is 0 Å². The number of benzene rings is 3. The zero-order valence-corrected chi connectivity index (χ0v) is 19.0. The minimum Gasteiger partial charge on any atom is -0.493 e. The van der Waals surface area contributed by atoms with Crippen molar-refractivity contribution in [3.05, 3.63) is 95.1 Å². The van der Waals surface area contributed by atoms with Crippen molar-refractivity contribution in [2.45, 2.75) is 13.3 Å². The Bertz CT molecular complexity index is 1260. The van der Waals surface area contributed by atoms with Gasteiger partial charge in [-0.3, -0.25) is 9.59 Å². The lowest BCUT2D eigenvalue weighted by atomic mass is 10.1. The van der Waals surface area contributed by atoms with Crippen LogP contribution in [0.25, 0.3) is 6.08 Å². The maximum absolute atomic E-state index is 13.0. The first kappa shape index (κ1) is 22.8. The summed E-state index contributed by atoms with van der Waals surface area (Å²) in [5.41, 5.74) is 9.25. The van der Waals surface area contributed by atoms with Gasteiger partial charge in [0.1, 0.15) is 0 Å². The zero-order chi connectivity index (χ0) is 24.1. The van der Waals surface area contributed by atoms with Crippen molar-refractivity contribution >= 4 is 29.3 Å². The van der Waals surface area contributed by atoms with Gasteiger partial charge in [0.2, 0.25) is 5.91 Å². The number of nitrogens with zero attached hydrogens (tertiary/aromatic N) is 2. The van der Waals surface area contributed by atoms with Crippen LogP contribution in [0.2, 0.25) is 0 Å². The highest BCUT2D eigenvalue weighted by Crippen LogP contribution is 2.31. The molecule has 0 fully saturated rings. The average molecular weight is 456 g/mol. The quantitative estimate of drug-likeness (QED) is 0.515. The first-order valence-electron chi connectivity index (χ1n) is 10.8. The third kappa shape index (κ3) is 4.99. The van der Waals surface area contributed by atoms with E-state index in [9.17, 15) is 9.59 Å². The molecule has 2 N–H and O–H groups in total. The topological polar surface area (TPSA) is 94.2 Å². The number of nitrogens with two attached hydrogens (primary N) is 1. The van der Waals surface area contributed by atoms with E-state index in [4.69, 9.17) is 15.2 Å². The fraction of sp³-hybridized carbons (Fsp3) is 0.148. The maximum atomic E-state index is 13.0. The Hall–Kier alpha value is -4.39. The highest BCUT2D eigenvalue weighted by molar-refractivity contribution is 6.32. The lowest BCUT2D eigenvalue weighted by molar-refractivity contribution is -0.114. The van der Waals surface area contributed by atoms with E-state index in [1.54, 1.807) is 44.4 Å². The molecule has 1 heterocycles. The van der Waals surface area contributed by atoms with E-state index in [0.29, 0.717) is 40.6 Å². The number of ether oxygens (including phenoxy) is 2. The number of carbonyl (C=O) groups excluding carboxylic acids is 2. The van der Waals surface area contributed by atoms with Crippen LogP contribution in [0.5, 0.6) is 11.5 Å². The van der Waals surface area contributed by atoms with Gasteiger partial charge in [-0.2, -0.15) is 10.1 Å². The molecule has 172 valence electrons. The lowest BCUT2D eigenvalue weighted by Crippen LogP contribution is -2.21. The molecule has 0 saturated heterocycles. The van der Waals surface area contributed by atoms with Gasteiger partial charge in [0.15, 0.2) is 11.5 Å². The number of primary amides is 1. The van der Waals surface area contributed by atoms with Crippen LogP contribution in [0, 0.1) is 0 Å². The van der Waals surface area contributed by atoms with Crippen LogP contribution in [-0.2, 0) is 11.2 Å². The standard InChI is InChI=1S/C27H25N3O4/c1-18-23(27(32)30(29-18)22-11-9-21(10-12-22)26(28)31)16-20-8-13-24(25(17-20)33-2)34-15-14-19-6-4-3-5-7-19/h3-13,16-17H,14-15H2,1-2H3,(H2,28,31)/b23-16-. The number of anilines is 1. The second kappa shape index (κ2) is 10.0. The molecule has 2 amide bonds. The van der Waals surface area contributed by atoms with Crippen LogP contribution in [0.3, 0.4) is 0 Å². The van der Waals surface area contributed by atoms with Crippen molar-refractivity contribution < 1.29 is 19.1 Å². The average Bonchev–Trinajstić information content (AvgIpc) is 3.13. The highest BCUT2D eigenvalue weighted by atomic mass is 16.5. The molecule has 3 aromatic rings. The number of hydrogen-bond acceptors (Lipinski definition) is 5. The number of amides is 2. The second-order valence-electron chi connectivity index (χ2n) is 7.77. The Balaban J connectivity index is 1.49. The molecule has 7 nitrogen and oxygen atoms in total. The molecule has 0 aromatic heterocycles. The van der Waals surface area contributed by atoms with E-state index >= 15 is 0 Å². The smallest absolute Gasteiger partial charge is 0.280 e. The summed E-state index contributed by atoms with van der Waals surface area (Å²) in [6.45, 7) is 2.30. The van der Waals surface area contributed by atoms with Crippen LogP contribution in [-0.4, -0.2) is 31.2 Å². The van der Waals surface area contributed by atoms with Gasteiger partial charge in [0, 0.05) is 12.0 Å². The monoisotopic (exact) mass is 455 g/mol. The summed E-state index contributed by atoms with van der Waals surface area (Å²) >= 11 is 0. The van der Waals surface area contributed by atoms with Crippen LogP contribution in [0.1, 0.15) is 28.4 Å². The summed E-state index contributed by atoms with van der Waals surface area (Å²) < 4.78 is 11.4. The molecule has 0 radical (unpaired) electrons. The molecular formula is C27H25N3O4. The van der Waals surface area contributed by atoms with Gasteiger partial charge in [0.05, 0.1) is 30.7 Å². The third-order valence-electron chi connectivity index (χ3n) is 5.45. The van der Waals surface area contributed by atoms with Crippen LogP contribution >= 0.6 is 0 Å². The summed E-state index contributed by atoms with van der Waals surface area (Å²) in [6.07, 6.45) is 2.56. The lowest BCUT2D eigenvalue weighted by Gasteiger charge is -2.12. The predicted octanol–water partition coefficient (Wildman–Crippen LogP) is 4.22. The number of hydrazone groups is 1. The first-order chi connectivity index (χ1) is 16.5. The Morgan fingerprint density at radius 1 is 1.03 bits per heavy atom. The van der Waals surface area contributed by atoms with Crippen LogP contribution < -0.4 is 20.2 Å². The van der Waals surface area contributed by atoms with Gasteiger partial charge in [-0.1, -0.05) is 36.4 Å². The summed E-state index contributed by atoms with van der Waals surface area (Å²) in [7, 11) is 1.58. The summed E-state index contributed by atoms with van der Waals surface area (Å²) in [4.78, 5) is 24.3. The van der Waals surface area contributed by atoms with Crippen molar-refractivity contribution in [2.24, 2.45) is 10.8 Å². The number of carbonyl (C=O) groups is 2. The van der Waals surface area contributed by atoms with Gasteiger partial charge in [-0.25, -0.2) is 0 Å². The van der Waals surface area contributed by atoms with Gasteiger partial charge >= 0.3 is 0 Å². The highest BCUT2D eigenvalue weighted by Gasteiger charge is 2.28. The molecule has 1 aliphatic rings. The molecule has 0 bridgehead atoms. The van der Waals surface area contributed by atoms with Crippen molar-refractivity contribution in [3.8, 4) is 11.5 Å².